The first-order valence-corrected chi connectivity index (χ1v) is 12.7. The number of alkyl halides is 2. The third kappa shape index (κ3) is 5.83. The number of hydrogen-bond donors (Lipinski definition) is 2. The predicted molar refractivity (Wildman–Crippen MR) is 140 cm³/mol. The summed E-state index contributed by atoms with van der Waals surface area (Å²) in [6, 6.07) is 9.01. The van der Waals surface area contributed by atoms with E-state index in [1.807, 2.05) is 0 Å². The molecule has 13 heteroatoms. The first-order valence-electron chi connectivity index (χ1n) is 12.7. The number of methoxy groups -OCH3 is 1. The Morgan fingerprint density at radius 2 is 1.95 bits per heavy atom. The lowest BCUT2D eigenvalue weighted by molar-refractivity contribution is -0.143. The van der Waals surface area contributed by atoms with E-state index in [2.05, 4.69) is 20.4 Å². The van der Waals surface area contributed by atoms with E-state index < -0.39 is 30.3 Å². The molecule has 0 saturated carbocycles. The van der Waals surface area contributed by atoms with Crippen LogP contribution in [0.25, 0.3) is 11.3 Å². The number of amides is 1. The normalized spacial score (nSPS) is 18.1. The van der Waals surface area contributed by atoms with Crippen molar-refractivity contribution >= 4 is 17.7 Å². The standard InChI is InChI=1S/C27H28F3N7O3/c1-15-24-21(35-26(31)32-15)13-20(17-7-6-16(28)12-18(17)19-4-3-5-22(33-19)39-2)34-25(24)36-40-14-23(38)37-10-8-27(29,30)9-11-37/h3-7,12,20H,8-11,13-14H2,1-2H3,(H,34,36)(H2,31,32,35)/t20-/m1/s1. The van der Waals surface area contributed by atoms with Gasteiger partial charge in [-0.25, -0.2) is 33.6 Å². The molecule has 1 amide bonds. The summed E-state index contributed by atoms with van der Waals surface area (Å²) in [6.45, 7) is 1.27. The highest BCUT2D eigenvalue weighted by molar-refractivity contribution is 6.01. The van der Waals surface area contributed by atoms with Crippen LogP contribution in [0.3, 0.4) is 0 Å². The number of benzene rings is 1. The molecule has 0 aliphatic carbocycles. The molecule has 40 heavy (non-hydrogen) atoms. The zero-order chi connectivity index (χ0) is 28.4. The topological polar surface area (TPSA) is 128 Å². The Kier molecular flexibility index (Phi) is 7.57. The number of ether oxygens (including phenoxy) is 1. The smallest absolute Gasteiger partial charge is 0.251 e. The first-order chi connectivity index (χ1) is 19.1. The van der Waals surface area contributed by atoms with Crippen molar-refractivity contribution in [1.82, 2.24) is 25.3 Å². The summed E-state index contributed by atoms with van der Waals surface area (Å²) >= 11 is 0. The molecular formula is C27H28F3N7O3. The summed E-state index contributed by atoms with van der Waals surface area (Å²) in [6.07, 6.45) is -0.431. The number of halogens is 3. The Labute approximate surface area is 228 Å². The summed E-state index contributed by atoms with van der Waals surface area (Å²) in [5, 5.41) is 0. The van der Waals surface area contributed by atoms with E-state index in [1.165, 1.54) is 24.1 Å². The Hall–Kier alpha value is -4.26. The van der Waals surface area contributed by atoms with Crippen LogP contribution in [0.2, 0.25) is 0 Å². The van der Waals surface area contributed by atoms with Crippen molar-refractivity contribution < 1.29 is 27.5 Å². The monoisotopic (exact) mass is 555 g/mol. The SMILES string of the molecule is COc1cccc(-c2cc(F)ccc2[C@H]2Cc3nc(N)nc(C)c3C(NOCC(=O)N3CCC(F)(F)CC3)=N2)n1. The number of nitrogens with zero attached hydrogens (tertiary/aromatic N) is 5. The fraction of sp³-hybridized carbons (Fsp3) is 0.370. The van der Waals surface area contributed by atoms with Crippen molar-refractivity contribution in [3.05, 3.63) is 64.7 Å². The highest BCUT2D eigenvalue weighted by Gasteiger charge is 2.35. The molecule has 2 aliphatic heterocycles. The Morgan fingerprint density at radius 3 is 2.70 bits per heavy atom. The van der Waals surface area contributed by atoms with Crippen LogP contribution in [-0.4, -0.2) is 64.3 Å². The second kappa shape index (κ2) is 11.1. The quantitative estimate of drug-likeness (QED) is 0.443. The first kappa shape index (κ1) is 27.3. The molecule has 10 nitrogen and oxygen atoms in total. The van der Waals surface area contributed by atoms with Gasteiger partial charge in [0.2, 0.25) is 11.8 Å². The number of pyridine rings is 1. The predicted octanol–water partition coefficient (Wildman–Crippen LogP) is 3.40. The van der Waals surface area contributed by atoms with Crippen LogP contribution in [-0.2, 0) is 16.1 Å². The van der Waals surface area contributed by atoms with Crippen LogP contribution in [0.4, 0.5) is 19.1 Å². The van der Waals surface area contributed by atoms with Gasteiger partial charge in [-0.05, 0) is 30.7 Å². The molecule has 5 rings (SSSR count). The molecule has 3 N–H and O–H groups in total. The number of nitrogen functional groups attached to an aromatic ring is 1. The molecule has 2 aromatic heterocycles. The van der Waals surface area contributed by atoms with Gasteiger partial charge in [0.05, 0.1) is 35.8 Å². The molecule has 0 radical (unpaired) electrons. The number of piperidine rings is 1. The van der Waals surface area contributed by atoms with Crippen molar-refractivity contribution in [2.24, 2.45) is 4.99 Å². The van der Waals surface area contributed by atoms with Crippen LogP contribution in [0.5, 0.6) is 5.88 Å². The minimum absolute atomic E-state index is 0.0427. The number of rotatable bonds is 6. The lowest BCUT2D eigenvalue weighted by Gasteiger charge is -2.31. The van der Waals surface area contributed by atoms with Gasteiger partial charge in [0.15, 0.2) is 12.4 Å². The Bertz CT molecular complexity index is 1460. The van der Waals surface area contributed by atoms with Gasteiger partial charge in [0.25, 0.3) is 11.8 Å². The average Bonchev–Trinajstić information content (AvgIpc) is 2.92. The maximum absolute atomic E-state index is 14.4. The number of fused-ring (bicyclic) bond motifs is 1. The van der Waals surface area contributed by atoms with Crippen molar-refractivity contribution in [2.45, 2.75) is 38.2 Å². The van der Waals surface area contributed by atoms with E-state index in [4.69, 9.17) is 20.3 Å². The number of nitrogens with one attached hydrogen (secondary N) is 1. The molecule has 1 fully saturated rings. The molecule has 4 heterocycles. The molecule has 2 aliphatic rings. The summed E-state index contributed by atoms with van der Waals surface area (Å²) in [4.78, 5) is 37.3. The molecule has 1 atom stereocenters. The second-order valence-corrected chi connectivity index (χ2v) is 9.61. The molecule has 1 aromatic carbocycles. The van der Waals surface area contributed by atoms with Crippen LogP contribution >= 0.6 is 0 Å². The number of nitrogens with two attached hydrogens (primary N) is 1. The van der Waals surface area contributed by atoms with Gasteiger partial charge in [0.1, 0.15) is 5.82 Å². The number of amidine groups is 1. The number of anilines is 1. The summed E-state index contributed by atoms with van der Waals surface area (Å²) in [7, 11) is 1.50. The molecule has 3 aromatic rings. The minimum Gasteiger partial charge on any atom is -0.481 e. The fourth-order valence-corrected chi connectivity index (χ4v) is 4.88. The maximum Gasteiger partial charge on any atom is 0.251 e. The highest BCUT2D eigenvalue weighted by atomic mass is 19.3. The van der Waals surface area contributed by atoms with E-state index in [0.29, 0.717) is 46.1 Å². The number of carbonyl (C=O) groups is 1. The van der Waals surface area contributed by atoms with Gasteiger partial charge in [0, 0.05) is 44.0 Å². The number of aromatic nitrogens is 3. The minimum atomic E-state index is -2.76. The number of carbonyl (C=O) groups excluding carboxylic acids is 1. The van der Waals surface area contributed by atoms with Gasteiger partial charge < -0.3 is 15.4 Å². The number of hydrogen-bond acceptors (Lipinski definition) is 9. The van der Waals surface area contributed by atoms with Crippen molar-refractivity contribution in [1.29, 1.82) is 0 Å². The molecule has 0 unspecified atom stereocenters. The van der Waals surface area contributed by atoms with Gasteiger partial charge in [-0.2, -0.15) is 0 Å². The van der Waals surface area contributed by atoms with Crippen LogP contribution in [0, 0.1) is 12.7 Å². The van der Waals surface area contributed by atoms with E-state index in [-0.39, 0.29) is 37.7 Å². The zero-order valence-corrected chi connectivity index (χ0v) is 22.0. The van der Waals surface area contributed by atoms with Gasteiger partial charge in [-0.15, -0.1) is 0 Å². The largest absolute Gasteiger partial charge is 0.481 e. The maximum atomic E-state index is 14.4. The Morgan fingerprint density at radius 1 is 1.18 bits per heavy atom. The molecule has 1 saturated heterocycles. The van der Waals surface area contributed by atoms with Crippen LogP contribution in [0.15, 0.2) is 41.4 Å². The third-order valence-corrected chi connectivity index (χ3v) is 6.89. The molecule has 0 bridgehead atoms. The third-order valence-electron chi connectivity index (χ3n) is 6.89. The summed E-state index contributed by atoms with van der Waals surface area (Å²) in [5.41, 5.74) is 12.1. The highest BCUT2D eigenvalue weighted by Crippen LogP contribution is 2.36. The zero-order valence-electron chi connectivity index (χ0n) is 22.0. The second-order valence-electron chi connectivity index (χ2n) is 9.61. The van der Waals surface area contributed by atoms with Crippen LogP contribution < -0.4 is 16.0 Å². The van der Waals surface area contributed by atoms with E-state index in [0.717, 1.165) is 0 Å². The number of aliphatic imine (C=N–C) groups is 1. The number of likely N-dealkylation sites (tertiary alicyclic amines) is 1. The van der Waals surface area contributed by atoms with E-state index in [1.54, 1.807) is 31.2 Å². The van der Waals surface area contributed by atoms with Crippen molar-refractivity contribution in [3.63, 3.8) is 0 Å². The van der Waals surface area contributed by atoms with Crippen molar-refractivity contribution in [3.8, 4) is 17.1 Å². The molecular weight excluding hydrogens is 527 g/mol. The number of aryl methyl sites for hydroxylation is 1. The van der Waals surface area contributed by atoms with E-state index in [9.17, 15) is 18.0 Å². The summed E-state index contributed by atoms with van der Waals surface area (Å²) in [5.74, 6) is -2.91. The van der Waals surface area contributed by atoms with Crippen LogP contribution in [0.1, 0.15) is 41.4 Å². The molecule has 0 spiro atoms. The van der Waals surface area contributed by atoms with Crippen molar-refractivity contribution in [2.75, 3.05) is 32.5 Å². The lowest BCUT2D eigenvalue weighted by Crippen LogP contribution is -2.45. The fourth-order valence-electron chi connectivity index (χ4n) is 4.88. The van der Waals surface area contributed by atoms with Gasteiger partial charge in [-0.1, -0.05) is 12.1 Å². The van der Waals surface area contributed by atoms with Gasteiger partial charge in [-0.3, -0.25) is 14.6 Å². The van der Waals surface area contributed by atoms with E-state index >= 15 is 0 Å². The lowest BCUT2D eigenvalue weighted by atomic mass is 9.91. The average molecular weight is 556 g/mol. The molecule has 210 valence electrons. The number of hydroxylamine groups is 1. The van der Waals surface area contributed by atoms with Gasteiger partial charge >= 0.3 is 0 Å². The summed E-state index contributed by atoms with van der Waals surface area (Å²) < 4.78 is 46.6. The Balaban J connectivity index is 1.43.